The first-order valence-corrected chi connectivity index (χ1v) is 5.53. The molecule has 0 saturated heterocycles. The molecule has 1 atom stereocenters. The minimum absolute atomic E-state index is 0.0857. The fourth-order valence-corrected chi connectivity index (χ4v) is 1.74. The normalized spacial score (nSPS) is 12.5. The Morgan fingerprint density at radius 2 is 2.15 bits per heavy atom. The van der Waals surface area contributed by atoms with E-state index in [0.717, 1.165) is 5.56 Å². The fraction of sp³-hybridized carbons (Fsp3) is 0.250. The first kappa shape index (κ1) is 10.8. The number of rotatable bonds is 3. The standard InChI is InChI=1S/C8H8INO2S/c9-7(5-13)6-3-1-2-4-8(6)10(11)12/h1-4,7,13H,5H2. The van der Waals surface area contributed by atoms with Gasteiger partial charge in [-0.15, -0.1) is 0 Å². The molecule has 0 aliphatic carbocycles. The molecule has 0 radical (unpaired) electrons. The summed E-state index contributed by atoms with van der Waals surface area (Å²) in [5, 5.41) is 10.6. The summed E-state index contributed by atoms with van der Waals surface area (Å²) >= 11 is 6.26. The van der Waals surface area contributed by atoms with E-state index in [9.17, 15) is 10.1 Å². The van der Waals surface area contributed by atoms with Crippen LogP contribution in [-0.2, 0) is 0 Å². The molecule has 0 aliphatic heterocycles. The van der Waals surface area contributed by atoms with Gasteiger partial charge in [0.1, 0.15) is 0 Å². The van der Waals surface area contributed by atoms with E-state index in [1.54, 1.807) is 18.2 Å². The Morgan fingerprint density at radius 3 is 2.69 bits per heavy atom. The number of para-hydroxylation sites is 1. The number of nitro groups is 1. The van der Waals surface area contributed by atoms with Crippen molar-refractivity contribution in [3.05, 3.63) is 39.9 Å². The van der Waals surface area contributed by atoms with Crippen molar-refractivity contribution in [3.63, 3.8) is 0 Å². The molecule has 0 bridgehead atoms. The van der Waals surface area contributed by atoms with Crippen LogP contribution in [0.1, 0.15) is 9.49 Å². The summed E-state index contributed by atoms with van der Waals surface area (Å²) in [6.07, 6.45) is 0. The van der Waals surface area contributed by atoms with Gasteiger partial charge in [-0.25, -0.2) is 0 Å². The molecule has 0 amide bonds. The SMILES string of the molecule is O=[N+]([O-])c1ccccc1C(I)CS. The van der Waals surface area contributed by atoms with Gasteiger partial charge < -0.3 is 0 Å². The van der Waals surface area contributed by atoms with Gasteiger partial charge in [-0.1, -0.05) is 40.8 Å². The van der Waals surface area contributed by atoms with Crippen LogP contribution >= 0.6 is 35.2 Å². The molecule has 0 N–H and O–H groups in total. The molecule has 13 heavy (non-hydrogen) atoms. The number of nitro benzene ring substituents is 1. The molecule has 0 aliphatic rings. The Balaban J connectivity index is 3.11. The monoisotopic (exact) mass is 309 g/mol. The fourth-order valence-electron chi connectivity index (χ4n) is 1.02. The van der Waals surface area contributed by atoms with Crippen molar-refractivity contribution < 1.29 is 4.92 Å². The third kappa shape index (κ3) is 2.57. The first-order chi connectivity index (χ1) is 6.16. The highest BCUT2D eigenvalue weighted by atomic mass is 127. The van der Waals surface area contributed by atoms with Crippen LogP contribution in [0.4, 0.5) is 5.69 Å². The van der Waals surface area contributed by atoms with Crippen molar-refractivity contribution in [3.8, 4) is 0 Å². The summed E-state index contributed by atoms with van der Waals surface area (Å²) in [5.74, 6) is 0.603. The van der Waals surface area contributed by atoms with E-state index in [1.807, 2.05) is 0 Å². The number of benzene rings is 1. The number of thiol groups is 1. The highest BCUT2D eigenvalue weighted by Gasteiger charge is 2.17. The van der Waals surface area contributed by atoms with Crippen LogP contribution in [0.3, 0.4) is 0 Å². The molecular formula is C8H8INO2S. The van der Waals surface area contributed by atoms with E-state index < -0.39 is 0 Å². The molecular weight excluding hydrogens is 301 g/mol. The van der Waals surface area contributed by atoms with Crippen molar-refractivity contribution in [1.82, 2.24) is 0 Å². The second kappa shape index (κ2) is 4.80. The Hall–Kier alpha value is -0.300. The van der Waals surface area contributed by atoms with Crippen LogP contribution in [0.5, 0.6) is 0 Å². The molecule has 0 heterocycles. The third-order valence-corrected chi connectivity index (χ3v) is 3.80. The summed E-state index contributed by atoms with van der Waals surface area (Å²) < 4.78 is 0.0857. The zero-order chi connectivity index (χ0) is 9.84. The quantitative estimate of drug-likeness (QED) is 0.307. The van der Waals surface area contributed by atoms with Gasteiger partial charge in [0.2, 0.25) is 0 Å². The predicted molar refractivity (Wildman–Crippen MR) is 63.7 cm³/mol. The summed E-state index contributed by atoms with van der Waals surface area (Å²) in [6.45, 7) is 0. The second-order valence-electron chi connectivity index (χ2n) is 2.47. The minimum Gasteiger partial charge on any atom is -0.258 e. The van der Waals surface area contributed by atoms with Crippen molar-refractivity contribution in [2.24, 2.45) is 0 Å². The zero-order valence-corrected chi connectivity index (χ0v) is 9.73. The Bertz CT molecular complexity index is 319. The molecule has 0 fully saturated rings. The maximum absolute atomic E-state index is 10.6. The number of hydrogen-bond acceptors (Lipinski definition) is 3. The lowest BCUT2D eigenvalue weighted by molar-refractivity contribution is -0.385. The van der Waals surface area contributed by atoms with Crippen LogP contribution in [0.15, 0.2) is 24.3 Å². The molecule has 0 spiro atoms. The lowest BCUT2D eigenvalue weighted by atomic mass is 10.1. The highest BCUT2D eigenvalue weighted by molar-refractivity contribution is 14.1. The lowest BCUT2D eigenvalue weighted by Crippen LogP contribution is -1.98. The Labute approximate surface area is 95.2 Å². The maximum Gasteiger partial charge on any atom is 0.273 e. The van der Waals surface area contributed by atoms with Crippen molar-refractivity contribution >= 4 is 40.9 Å². The van der Waals surface area contributed by atoms with Gasteiger partial charge in [0.15, 0.2) is 0 Å². The predicted octanol–water partition coefficient (Wildman–Crippen LogP) is 3.00. The summed E-state index contributed by atoms with van der Waals surface area (Å²) in [7, 11) is 0. The molecule has 1 rings (SSSR count). The summed E-state index contributed by atoms with van der Waals surface area (Å²) in [5.41, 5.74) is 0.916. The summed E-state index contributed by atoms with van der Waals surface area (Å²) in [4.78, 5) is 10.3. The van der Waals surface area contributed by atoms with Gasteiger partial charge in [0, 0.05) is 17.4 Å². The van der Waals surface area contributed by atoms with Crippen molar-refractivity contribution in [2.75, 3.05) is 5.75 Å². The van der Waals surface area contributed by atoms with Crippen LogP contribution in [0.25, 0.3) is 0 Å². The van der Waals surface area contributed by atoms with Crippen molar-refractivity contribution in [2.45, 2.75) is 3.92 Å². The smallest absolute Gasteiger partial charge is 0.258 e. The molecule has 1 aromatic carbocycles. The third-order valence-electron chi connectivity index (χ3n) is 1.63. The number of hydrogen-bond donors (Lipinski definition) is 1. The van der Waals surface area contributed by atoms with Gasteiger partial charge in [-0.3, -0.25) is 10.1 Å². The first-order valence-electron chi connectivity index (χ1n) is 3.65. The van der Waals surface area contributed by atoms with E-state index in [1.165, 1.54) is 6.07 Å². The number of alkyl halides is 1. The molecule has 0 aromatic heterocycles. The van der Waals surface area contributed by atoms with E-state index in [4.69, 9.17) is 0 Å². The van der Waals surface area contributed by atoms with Crippen LogP contribution in [0.2, 0.25) is 0 Å². The van der Waals surface area contributed by atoms with Crippen LogP contribution < -0.4 is 0 Å². The Morgan fingerprint density at radius 1 is 1.54 bits per heavy atom. The molecule has 3 nitrogen and oxygen atoms in total. The molecule has 1 unspecified atom stereocenters. The topological polar surface area (TPSA) is 43.1 Å². The molecule has 0 saturated carbocycles. The summed E-state index contributed by atoms with van der Waals surface area (Å²) in [6, 6.07) is 6.76. The molecule has 1 aromatic rings. The molecule has 5 heteroatoms. The highest BCUT2D eigenvalue weighted by Crippen LogP contribution is 2.31. The van der Waals surface area contributed by atoms with E-state index >= 15 is 0 Å². The van der Waals surface area contributed by atoms with E-state index in [0.29, 0.717) is 5.75 Å². The largest absolute Gasteiger partial charge is 0.273 e. The van der Waals surface area contributed by atoms with Crippen molar-refractivity contribution in [1.29, 1.82) is 0 Å². The van der Waals surface area contributed by atoms with Gasteiger partial charge in [0.25, 0.3) is 5.69 Å². The molecule has 70 valence electrons. The van der Waals surface area contributed by atoms with Gasteiger partial charge in [0.05, 0.1) is 8.85 Å². The Kier molecular flexibility index (Phi) is 3.98. The van der Waals surface area contributed by atoms with Gasteiger partial charge >= 0.3 is 0 Å². The van der Waals surface area contributed by atoms with Gasteiger partial charge in [-0.2, -0.15) is 12.6 Å². The van der Waals surface area contributed by atoms with E-state index in [-0.39, 0.29) is 14.5 Å². The number of nitrogens with zero attached hydrogens (tertiary/aromatic N) is 1. The lowest BCUT2D eigenvalue weighted by Gasteiger charge is -2.06. The maximum atomic E-state index is 10.6. The minimum atomic E-state index is -0.357. The number of halogens is 1. The average Bonchev–Trinajstić information content (AvgIpc) is 2.16. The van der Waals surface area contributed by atoms with E-state index in [2.05, 4.69) is 35.2 Å². The zero-order valence-electron chi connectivity index (χ0n) is 6.68. The average molecular weight is 309 g/mol. The second-order valence-corrected chi connectivity index (χ2v) is 4.33. The van der Waals surface area contributed by atoms with Crippen LogP contribution in [0, 0.1) is 10.1 Å². The van der Waals surface area contributed by atoms with Gasteiger partial charge in [-0.05, 0) is 0 Å². The van der Waals surface area contributed by atoms with Crippen LogP contribution in [-0.4, -0.2) is 10.7 Å².